The fourth-order valence-electron chi connectivity index (χ4n) is 8.06. The highest BCUT2D eigenvalue weighted by atomic mass is 16.7. The van der Waals surface area contributed by atoms with Gasteiger partial charge in [-0.25, -0.2) is 4.79 Å². The van der Waals surface area contributed by atoms with E-state index in [1.165, 1.54) is 5.56 Å². The minimum atomic E-state index is -1.50. The fraction of sp³-hybridized carbons (Fsp3) is 0.660. The number of carbonyl (C=O) groups excluding carboxylic acids is 4. The van der Waals surface area contributed by atoms with Crippen molar-refractivity contribution in [3.63, 3.8) is 0 Å². The van der Waals surface area contributed by atoms with Crippen LogP contribution >= 0.6 is 0 Å². The van der Waals surface area contributed by atoms with E-state index in [1.54, 1.807) is 69.2 Å². The molecule has 11 nitrogen and oxygen atoms in total. The SMILES string of the molecule is CCCN1CCC[C@@H]2Cc3c(ccc(OCc4ccccc4)c3C[C@@H]3O[C@H](C(=O)OCC)[C@@H](OC(=O)C(C)(C)C)[C@H](OC(=O)C(C)(C)C)[C@H]3OC(=O)C(C)(C)C)C[C@H]21. The van der Waals surface area contributed by atoms with Gasteiger partial charge in [0.05, 0.1) is 22.9 Å². The van der Waals surface area contributed by atoms with Crippen LogP contribution in [0.5, 0.6) is 5.75 Å². The molecular formula is C47H67NO10. The molecule has 58 heavy (non-hydrogen) atoms. The van der Waals surface area contributed by atoms with Gasteiger partial charge in [-0.15, -0.1) is 0 Å². The summed E-state index contributed by atoms with van der Waals surface area (Å²) in [4.78, 5) is 58.0. The molecule has 2 saturated heterocycles. The molecule has 0 saturated carbocycles. The van der Waals surface area contributed by atoms with Crippen LogP contribution in [0.4, 0.5) is 0 Å². The molecule has 5 rings (SSSR count). The highest BCUT2D eigenvalue weighted by Gasteiger charge is 2.57. The molecule has 0 amide bonds. The number of rotatable bonds is 12. The predicted octanol–water partition coefficient (Wildman–Crippen LogP) is 7.60. The van der Waals surface area contributed by atoms with Gasteiger partial charge in [0.1, 0.15) is 18.5 Å². The second kappa shape index (κ2) is 18.5. The standard InChI is InChI=1S/C47H67NO10/c1-12-23-48-24-17-20-31-25-32-30(26-34(31)48)21-22-35(54-28-29-18-15-14-16-19-29)33(32)27-36-37(56-42(50)45(3,4)5)38(57-43(51)46(6,7)8)39(58-44(52)47(9,10)11)40(55-36)41(49)53-13-2/h14-16,18-19,21-22,31,34,36-40H,12-13,17,20,23-28H2,1-11H3/t31-,34-,36+,37+,38-,39+,40+/m1/s1. The zero-order valence-corrected chi connectivity index (χ0v) is 36.7. The molecule has 11 heteroatoms. The van der Waals surface area contributed by atoms with Crippen LogP contribution in [-0.2, 0) is 68.7 Å². The Bertz CT molecular complexity index is 1750. The zero-order valence-electron chi connectivity index (χ0n) is 36.7. The average molecular weight is 806 g/mol. The first-order valence-electron chi connectivity index (χ1n) is 21.2. The first kappa shape index (κ1) is 45.1. The number of hydrogen-bond acceptors (Lipinski definition) is 11. The molecule has 0 unspecified atom stereocenters. The van der Waals surface area contributed by atoms with E-state index in [0.717, 1.165) is 61.9 Å². The van der Waals surface area contributed by atoms with Gasteiger partial charge < -0.3 is 28.4 Å². The van der Waals surface area contributed by atoms with Crippen LogP contribution in [0.1, 0.15) is 118 Å². The quantitative estimate of drug-likeness (QED) is 0.156. The van der Waals surface area contributed by atoms with E-state index in [9.17, 15) is 19.2 Å². The Morgan fingerprint density at radius 3 is 1.95 bits per heavy atom. The molecule has 2 heterocycles. The number of ether oxygens (including phenoxy) is 6. The molecule has 0 aromatic heterocycles. The largest absolute Gasteiger partial charge is 0.489 e. The van der Waals surface area contributed by atoms with Crippen LogP contribution in [-0.4, -0.2) is 85.0 Å². The minimum absolute atomic E-state index is 0.0272. The van der Waals surface area contributed by atoms with Gasteiger partial charge >= 0.3 is 23.9 Å². The van der Waals surface area contributed by atoms with Crippen molar-refractivity contribution >= 4 is 23.9 Å². The lowest BCUT2D eigenvalue weighted by Crippen LogP contribution is -2.65. The van der Waals surface area contributed by atoms with E-state index in [4.69, 9.17) is 28.4 Å². The molecule has 0 spiro atoms. The van der Waals surface area contributed by atoms with Gasteiger partial charge in [0.25, 0.3) is 0 Å². The lowest BCUT2D eigenvalue weighted by Gasteiger charge is -2.47. The van der Waals surface area contributed by atoms with Crippen LogP contribution in [0.15, 0.2) is 42.5 Å². The average Bonchev–Trinajstić information content (AvgIpc) is 3.15. The van der Waals surface area contributed by atoms with Crippen LogP contribution in [0.3, 0.4) is 0 Å². The number of esters is 4. The minimum Gasteiger partial charge on any atom is -0.489 e. The molecule has 0 bridgehead atoms. The van der Waals surface area contributed by atoms with E-state index in [0.29, 0.717) is 24.3 Å². The molecule has 2 fully saturated rings. The summed E-state index contributed by atoms with van der Waals surface area (Å²) in [6, 6.07) is 14.5. The number of piperidine rings is 1. The molecule has 7 atom stereocenters. The molecular weight excluding hydrogens is 739 g/mol. The van der Waals surface area contributed by atoms with Crippen molar-refractivity contribution in [2.45, 2.75) is 158 Å². The van der Waals surface area contributed by atoms with Crippen molar-refractivity contribution in [2.75, 3.05) is 19.7 Å². The Balaban J connectivity index is 1.67. The third-order valence-electron chi connectivity index (χ3n) is 11.3. The van der Waals surface area contributed by atoms with E-state index >= 15 is 0 Å². The molecule has 1 aliphatic carbocycles. The van der Waals surface area contributed by atoms with Gasteiger partial charge in [-0.3, -0.25) is 19.3 Å². The highest BCUT2D eigenvalue weighted by molar-refractivity contribution is 5.80. The maximum atomic E-state index is 13.9. The second-order valence-corrected chi connectivity index (χ2v) is 19.3. The van der Waals surface area contributed by atoms with E-state index in [1.807, 2.05) is 36.4 Å². The van der Waals surface area contributed by atoms with E-state index in [-0.39, 0.29) is 13.0 Å². The number of carbonyl (C=O) groups is 4. The maximum absolute atomic E-state index is 13.9. The first-order chi connectivity index (χ1) is 27.2. The number of fused-ring (bicyclic) bond motifs is 2. The van der Waals surface area contributed by atoms with Crippen LogP contribution in [0.2, 0.25) is 0 Å². The lowest BCUT2D eigenvalue weighted by atomic mass is 9.73. The van der Waals surface area contributed by atoms with Crippen molar-refractivity contribution in [1.82, 2.24) is 4.90 Å². The van der Waals surface area contributed by atoms with Gasteiger partial charge in [-0.05, 0) is 143 Å². The van der Waals surface area contributed by atoms with Gasteiger partial charge in [-0.1, -0.05) is 43.3 Å². The Morgan fingerprint density at radius 1 is 0.759 bits per heavy atom. The van der Waals surface area contributed by atoms with Gasteiger partial charge in [0, 0.05) is 18.0 Å². The fourth-order valence-corrected chi connectivity index (χ4v) is 8.06. The summed E-state index contributed by atoms with van der Waals surface area (Å²) >= 11 is 0. The number of likely N-dealkylation sites (tertiary alicyclic amines) is 1. The summed E-state index contributed by atoms with van der Waals surface area (Å²) in [7, 11) is 0. The lowest BCUT2D eigenvalue weighted by molar-refractivity contribution is -0.255. The Morgan fingerprint density at radius 2 is 1.36 bits per heavy atom. The number of benzene rings is 2. The third kappa shape index (κ3) is 10.8. The smallest absolute Gasteiger partial charge is 0.339 e. The predicted molar refractivity (Wildman–Crippen MR) is 220 cm³/mol. The third-order valence-corrected chi connectivity index (χ3v) is 11.3. The van der Waals surface area contributed by atoms with Gasteiger partial charge in [0.15, 0.2) is 24.4 Å². The Labute approximate surface area is 345 Å². The van der Waals surface area contributed by atoms with Crippen LogP contribution in [0, 0.1) is 22.2 Å². The van der Waals surface area contributed by atoms with E-state index in [2.05, 4.69) is 17.9 Å². The van der Waals surface area contributed by atoms with Crippen molar-refractivity contribution in [3.05, 3.63) is 64.7 Å². The second-order valence-electron chi connectivity index (χ2n) is 19.3. The summed E-state index contributed by atoms with van der Waals surface area (Å²) in [5, 5.41) is 0. The maximum Gasteiger partial charge on any atom is 0.339 e. The van der Waals surface area contributed by atoms with Crippen molar-refractivity contribution in [2.24, 2.45) is 22.2 Å². The summed E-state index contributed by atoms with van der Waals surface area (Å²) in [5.41, 5.74) is 1.31. The van der Waals surface area contributed by atoms with Gasteiger partial charge in [0.2, 0.25) is 0 Å². The van der Waals surface area contributed by atoms with Gasteiger partial charge in [-0.2, -0.15) is 0 Å². The molecule has 0 N–H and O–H groups in total. The molecule has 0 radical (unpaired) electrons. The molecule has 3 aliphatic rings. The number of hydrogen-bond donors (Lipinski definition) is 0. The number of nitrogens with zero attached hydrogens (tertiary/aromatic N) is 1. The molecule has 2 aromatic carbocycles. The first-order valence-corrected chi connectivity index (χ1v) is 21.2. The Kier molecular flexibility index (Phi) is 14.4. The summed E-state index contributed by atoms with van der Waals surface area (Å²) < 4.78 is 37.6. The molecule has 320 valence electrons. The highest BCUT2D eigenvalue weighted by Crippen LogP contribution is 2.42. The summed E-state index contributed by atoms with van der Waals surface area (Å²) in [6.45, 7) is 21.7. The molecule has 2 aliphatic heterocycles. The summed E-state index contributed by atoms with van der Waals surface area (Å²) in [5.74, 6) is -1.54. The van der Waals surface area contributed by atoms with Crippen molar-refractivity contribution < 1.29 is 47.6 Å². The monoisotopic (exact) mass is 805 g/mol. The van der Waals surface area contributed by atoms with Crippen LogP contribution < -0.4 is 4.74 Å². The molecule has 2 aromatic rings. The summed E-state index contributed by atoms with van der Waals surface area (Å²) in [6.07, 6.45) is -1.55. The normalized spacial score (nSPS) is 25.1. The van der Waals surface area contributed by atoms with Crippen molar-refractivity contribution in [3.8, 4) is 5.75 Å². The topological polar surface area (TPSA) is 127 Å². The Hall–Kier alpha value is -3.96. The van der Waals surface area contributed by atoms with E-state index < -0.39 is 70.6 Å². The zero-order chi connectivity index (χ0) is 42.6. The van der Waals surface area contributed by atoms with Crippen molar-refractivity contribution in [1.29, 1.82) is 0 Å². The van der Waals surface area contributed by atoms with Crippen LogP contribution in [0.25, 0.3) is 0 Å².